The molecule has 3 N–H and O–H groups in total. The number of halogens is 2. The zero-order valence-corrected chi connectivity index (χ0v) is 10.0. The lowest BCUT2D eigenvalue weighted by Crippen LogP contribution is -2.35. The van der Waals surface area contributed by atoms with Crippen molar-refractivity contribution in [3.8, 4) is 5.75 Å². The maximum absolute atomic E-state index is 11.7. The van der Waals surface area contributed by atoms with E-state index >= 15 is 0 Å². The summed E-state index contributed by atoms with van der Waals surface area (Å²) in [6.07, 6.45) is 0. The predicted molar refractivity (Wildman–Crippen MR) is 62.1 cm³/mol. The summed E-state index contributed by atoms with van der Waals surface area (Å²) in [4.78, 5) is 11.7. The number of hydrogen-bond donors (Lipinski definition) is 3. The lowest BCUT2D eigenvalue weighted by Gasteiger charge is -2.12. The van der Waals surface area contributed by atoms with Crippen molar-refractivity contribution in [2.45, 2.75) is 13.0 Å². The number of benzene rings is 1. The average molecular weight is 264 g/mol. The van der Waals surface area contributed by atoms with Gasteiger partial charge in [0.05, 0.1) is 17.2 Å². The Morgan fingerprint density at radius 3 is 2.62 bits per heavy atom. The van der Waals surface area contributed by atoms with Crippen molar-refractivity contribution in [1.29, 1.82) is 0 Å². The number of aromatic hydroxyl groups is 1. The van der Waals surface area contributed by atoms with E-state index in [9.17, 15) is 9.90 Å². The second-order valence-corrected chi connectivity index (χ2v) is 4.18. The summed E-state index contributed by atoms with van der Waals surface area (Å²) in [6, 6.07) is 2.17. The Bertz CT molecular complexity index is 386. The first-order chi connectivity index (χ1) is 7.45. The van der Waals surface area contributed by atoms with Crippen molar-refractivity contribution in [1.82, 2.24) is 5.32 Å². The minimum absolute atomic E-state index is 0.0497. The second kappa shape index (κ2) is 5.39. The molecule has 0 aromatic heterocycles. The van der Waals surface area contributed by atoms with Gasteiger partial charge in [-0.1, -0.05) is 23.2 Å². The lowest BCUT2D eigenvalue weighted by atomic mass is 10.1. The number of aliphatic hydroxyl groups excluding tert-OH is 1. The topological polar surface area (TPSA) is 69.6 Å². The zero-order chi connectivity index (χ0) is 12.3. The number of aliphatic hydroxyl groups is 1. The SMILES string of the molecule is CC(CO)NC(=O)c1c(O)cc(Cl)cc1Cl. The van der Waals surface area contributed by atoms with Crippen LogP contribution in [0.15, 0.2) is 12.1 Å². The highest BCUT2D eigenvalue weighted by Crippen LogP contribution is 2.29. The van der Waals surface area contributed by atoms with Gasteiger partial charge in [0.2, 0.25) is 0 Å². The van der Waals surface area contributed by atoms with E-state index in [0.29, 0.717) is 0 Å². The van der Waals surface area contributed by atoms with E-state index in [1.165, 1.54) is 12.1 Å². The molecule has 0 saturated carbocycles. The summed E-state index contributed by atoms with van der Waals surface area (Å²) in [5.74, 6) is -0.846. The fourth-order valence-corrected chi connectivity index (χ4v) is 1.69. The van der Waals surface area contributed by atoms with Crippen molar-refractivity contribution in [2.75, 3.05) is 6.61 Å². The van der Waals surface area contributed by atoms with Crippen LogP contribution in [0, 0.1) is 0 Å². The molecule has 1 aromatic carbocycles. The van der Waals surface area contributed by atoms with Crippen LogP contribution in [0.1, 0.15) is 17.3 Å². The number of amides is 1. The van der Waals surface area contributed by atoms with Gasteiger partial charge in [0.25, 0.3) is 5.91 Å². The number of phenols is 1. The van der Waals surface area contributed by atoms with Gasteiger partial charge in [-0.2, -0.15) is 0 Å². The molecule has 0 heterocycles. The van der Waals surface area contributed by atoms with Gasteiger partial charge < -0.3 is 15.5 Å². The summed E-state index contributed by atoms with van der Waals surface area (Å²) < 4.78 is 0. The van der Waals surface area contributed by atoms with E-state index in [0.717, 1.165) is 0 Å². The van der Waals surface area contributed by atoms with Crippen LogP contribution in [0.2, 0.25) is 10.0 Å². The smallest absolute Gasteiger partial charge is 0.256 e. The van der Waals surface area contributed by atoms with Crippen LogP contribution in [-0.4, -0.2) is 28.8 Å². The molecule has 1 rings (SSSR count). The molecule has 0 bridgehead atoms. The molecule has 1 amide bonds. The monoisotopic (exact) mass is 263 g/mol. The Morgan fingerprint density at radius 1 is 1.50 bits per heavy atom. The Kier molecular flexibility index (Phi) is 4.41. The molecule has 0 saturated heterocycles. The molecule has 6 heteroatoms. The minimum atomic E-state index is -0.555. The first kappa shape index (κ1) is 13.1. The predicted octanol–water partition coefficient (Wildman–Crippen LogP) is 1.81. The Morgan fingerprint density at radius 2 is 2.12 bits per heavy atom. The highest BCUT2D eigenvalue weighted by molar-refractivity contribution is 6.37. The van der Waals surface area contributed by atoms with Crippen LogP contribution in [0.25, 0.3) is 0 Å². The molecular weight excluding hydrogens is 253 g/mol. The van der Waals surface area contributed by atoms with Crippen molar-refractivity contribution in [2.24, 2.45) is 0 Å². The number of hydrogen-bond acceptors (Lipinski definition) is 3. The molecular formula is C10H11Cl2NO3. The van der Waals surface area contributed by atoms with Gasteiger partial charge in [-0.15, -0.1) is 0 Å². The lowest BCUT2D eigenvalue weighted by molar-refractivity contribution is 0.0920. The van der Waals surface area contributed by atoms with Gasteiger partial charge in [0.15, 0.2) is 0 Å². The molecule has 0 fully saturated rings. The summed E-state index contributed by atoms with van der Waals surface area (Å²) in [5, 5.41) is 21.1. The van der Waals surface area contributed by atoms with E-state index < -0.39 is 11.9 Å². The normalized spacial score (nSPS) is 12.2. The van der Waals surface area contributed by atoms with Gasteiger partial charge >= 0.3 is 0 Å². The number of phenolic OH excluding ortho intramolecular Hbond substituents is 1. The van der Waals surface area contributed by atoms with E-state index in [1.807, 2.05) is 0 Å². The average Bonchev–Trinajstić information content (AvgIpc) is 2.15. The molecule has 1 aromatic rings. The number of rotatable bonds is 3. The molecule has 16 heavy (non-hydrogen) atoms. The molecule has 0 aliphatic carbocycles. The molecule has 1 unspecified atom stereocenters. The van der Waals surface area contributed by atoms with Crippen LogP contribution in [0.4, 0.5) is 0 Å². The highest BCUT2D eigenvalue weighted by Gasteiger charge is 2.17. The van der Waals surface area contributed by atoms with Crippen molar-refractivity contribution in [3.63, 3.8) is 0 Å². The molecule has 0 aliphatic rings. The van der Waals surface area contributed by atoms with Crippen LogP contribution >= 0.6 is 23.2 Å². The first-order valence-corrected chi connectivity index (χ1v) is 5.31. The first-order valence-electron chi connectivity index (χ1n) is 4.55. The van der Waals surface area contributed by atoms with Crippen LogP contribution in [-0.2, 0) is 0 Å². The molecule has 0 aliphatic heterocycles. The summed E-state index contributed by atoms with van der Waals surface area (Å²) in [5.41, 5.74) is -0.0497. The van der Waals surface area contributed by atoms with E-state index in [4.69, 9.17) is 28.3 Å². The van der Waals surface area contributed by atoms with Gasteiger partial charge in [-0.25, -0.2) is 0 Å². The van der Waals surface area contributed by atoms with Crippen molar-refractivity contribution in [3.05, 3.63) is 27.7 Å². The molecule has 0 spiro atoms. The minimum Gasteiger partial charge on any atom is -0.507 e. The van der Waals surface area contributed by atoms with Crippen LogP contribution < -0.4 is 5.32 Å². The third-order valence-electron chi connectivity index (χ3n) is 1.91. The summed E-state index contributed by atoms with van der Waals surface area (Å²) >= 11 is 11.4. The standard InChI is InChI=1S/C10H11Cl2NO3/c1-5(4-14)13-10(16)9-7(12)2-6(11)3-8(9)15/h2-3,5,14-15H,4H2,1H3,(H,13,16). The quantitative estimate of drug-likeness (QED) is 0.779. The third-order valence-corrected chi connectivity index (χ3v) is 2.43. The fraction of sp³-hybridized carbons (Fsp3) is 0.300. The van der Waals surface area contributed by atoms with E-state index in [1.54, 1.807) is 6.92 Å². The molecule has 4 nitrogen and oxygen atoms in total. The Balaban J connectivity index is 3.00. The Labute approximate surface area is 103 Å². The van der Waals surface area contributed by atoms with Crippen molar-refractivity contribution >= 4 is 29.1 Å². The largest absolute Gasteiger partial charge is 0.507 e. The van der Waals surface area contributed by atoms with Crippen molar-refractivity contribution < 1.29 is 15.0 Å². The van der Waals surface area contributed by atoms with Gasteiger partial charge in [-0.3, -0.25) is 4.79 Å². The highest BCUT2D eigenvalue weighted by atomic mass is 35.5. The molecule has 88 valence electrons. The summed E-state index contributed by atoms with van der Waals surface area (Å²) in [7, 11) is 0. The van der Waals surface area contributed by atoms with E-state index in [2.05, 4.69) is 5.32 Å². The maximum atomic E-state index is 11.7. The second-order valence-electron chi connectivity index (χ2n) is 3.34. The summed E-state index contributed by atoms with van der Waals surface area (Å²) in [6.45, 7) is 1.43. The zero-order valence-electron chi connectivity index (χ0n) is 8.50. The number of carbonyl (C=O) groups is 1. The molecule has 0 radical (unpaired) electrons. The van der Waals surface area contributed by atoms with Gasteiger partial charge in [-0.05, 0) is 19.1 Å². The third kappa shape index (κ3) is 3.01. The molecule has 1 atom stereocenters. The van der Waals surface area contributed by atoms with Crippen LogP contribution in [0.3, 0.4) is 0 Å². The van der Waals surface area contributed by atoms with Crippen LogP contribution in [0.5, 0.6) is 5.75 Å². The van der Waals surface area contributed by atoms with Gasteiger partial charge in [0, 0.05) is 11.1 Å². The maximum Gasteiger partial charge on any atom is 0.256 e. The Hall–Kier alpha value is -0.970. The fourth-order valence-electron chi connectivity index (χ4n) is 1.13. The number of carbonyl (C=O) groups excluding carboxylic acids is 1. The van der Waals surface area contributed by atoms with Gasteiger partial charge in [0.1, 0.15) is 5.75 Å². The number of nitrogens with one attached hydrogen (secondary N) is 1. The van der Waals surface area contributed by atoms with E-state index in [-0.39, 0.29) is 28.0 Å².